The summed E-state index contributed by atoms with van der Waals surface area (Å²) in [5.74, 6) is 0.157. The SMILES string of the molecule is CCOc1c(Br)cc(F)cc1CC(C)=O. The van der Waals surface area contributed by atoms with E-state index in [2.05, 4.69) is 15.9 Å². The molecule has 0 aromatic heterocycles. The molecule has 0 aliphatic carbocycles. The third-order valence-electron chi connectivity index (χ3n) is 1.81. The zero-order valence-electron chi connectivity index (χ0n) is 8.64. The lowest BCUT2D eigenvalue weighted by atomic mass is 10.1. The molecule has 4 heteroatoms. The Morgan fingerprint density at radius 1 is 1.53 bits per heavy atom. The summed E-state index contributed by atoms with van der Waals surface area (Å²) in [5.41, 5.74) is 0.580. The number of ketones is 1. The maximum absolute atomic E-state index is 13.1. The minimum Gasteiger partial charge on any atom is -0.492 e. The third-order valence-corrected chi connectivity index (χ3v) is 2.40. The van der Waals surface area contributed by atoms with Crippen molar-refractivity contribution >= 4 is 21.7 Å². The van der Waals surface area contributed by atoms with Gasteiger partial charge in [0.15, 0.2) is 0 Å². The Morgan fingerprint density at radius 2 is 2.20 bits per heavy atom. The molecule has 0 radical (unpaired) electrons. The van der Waals surface area contributed by atoms with Crippen LogP contribution in [0.1, 0.15) is 19.4 Å². The smallest absolute Gasteiger partial charge is 0.137 e. The number of halogens is 2. The summed E-state index contributed by atoms with van der Waals surface area (Å²) in [4.78, 5) is 11.0. The van der Waals surface area contributed by atoms with Crippen LogP contribution >= 0.6 is 15.9 Å². The predicted octanol–water partition coefficient (Wildman–Crippen LogP) is 3.12. The molecular formula is C11H12BrFO2. The van der Waals surface area contributed by atoms with Crippen molar-refractivity contribution in [2.45, 2.75) is 20.3 Å². The molecule has 0 aliphatic rings. The van der Waals surface area contributed by atoms with Crippen molar-refractivity contribution < 1.29 is 13.9 Å². The lowest BCUT2D eigenvalue weighted by molar-refractivity contribution is -0.116. The van der Waals surface area contributed by atoms with Crippen LogP contribution in [0.25, 0.3) is 0 Å². The molecule has 0 spiro atoms. The van der Waals surface area contributed by atoms with Crippen LogP contribution in [0.2, 0.25) is 0 Å². The first-order valence-electron chi connectivity index (χ1n) is 4.64. The number of rotatable bonds is 4. The topological polar surface area (TPSA) is 26.3 Å². The molecule has 0 saturated heterocycles. The first-order valence-corrected chi connectivity index (χ1v) is 5.44. The monoisotopic (exact) mass is 274 g/mol. The Bertz CT molecular complexity index is 377. The molecule has 1 rings (SSSR count). The number of ether oxygens (including phenoxy) is 1. The van der Waals surface area contributed by atoms with E-state index in [0.29, 0.717) is 22.4 Å². The van der Waals surface area contributed by atoms with Gasteiger partial charge in [-0.05, 0) is 41.9 Å². The summed E-state index contributed by atoms with van der Waals surface area (Å²) < 4.78 is 19.0. The molecule has 0 unspecified atom stereocenters. The van der Waals surface area contributed by atoms with E-state index in [1.165, 1.54) is 19.1 Å². The molecule has 2 nitrogen and oxygen atoms in total. The molecular weight excluding hydrogens is 263 g/mol. The maximum Gasteiger partial charge on any atom is 0.137 e. The fourth-order valence-electron chi connectivity index (χ4n) is 1.32. The fourth-order valence-corrected chi connectivity index (χ4v) is 1.91. The summed E-state index contributed by atoms with van der Waals surface area (Å²) >= 11 is 3.21. The Morgan fingerprint density at radius 3 is 2.73 bits per heavy atom. The number of hydrogen-bond acceptors (Lipinski definition) is 2. The average molecular weight is 275 g/mol. The van der Waals surface area contributed by atoms with Crippen molar-refractivity contribution in [2.75, 3.05) is 6.61 Å². The second kappa shape index (κ2) is 5.26. The van der Waals surface area contributed by atoms with Gasteiger partial charge in [-0.3, -0.25) is 4.79 Å². The van der Waals surface area contributed by atoms with Crippen molar-refractivity contribution in [1.82, 2.24) is 0 Å². The van der Waals surface area contributed by atoms with Crippen LogP contribution in [0.3, 0.4) is 0 Å². The lowest BCUT2D eigenvalue weighted by Gasteiger charge is -2.11. The number of Topliss-reactive ketones (excluding diaryl/α,β-unsaturated/α-hetero) is 1. The number of carbonyl (C=O) groups is 1. The number of benzene rings is 1. The third kappa shape index (κ3) is 3.30. The molecule has 82 valence electrons. The van der Waals surface area contributed by atoms with Gasteiger partial charge in [-0.1, -0.05) is 0 Å². The molecule has 1 aromatic rings. The molecule has 0 bridgehead atoms. The highest BCUT2D eigenvalue weighted by Crippen LogP contribution is 2.30. The number of carbonyl (C=O) groups excluding carboxylic acids is 1. The molecule has 0 aliphatic heterocycles. The zero-order valence-corrected chi connectivity index (χ0v) is 10.2. The first kappa shape index (κ1) is 12.2. The van der Waals surface area contributed by atoms with Gasteiger partial charge in [0.1, 0.15) is 17.3 Å². The summed E-state index contributed by atoms with van der Waals surface area (Å²) in [7, 11) is 0. The van der Waals surface area contributed by atoms with Crippen LogP contribution in [0.4, 0.5) is 4.39 Å². The molecule has 0 heterocycles. The highest BCUT2D eigenvalue weighted by atomic mass is 79.9. The molecule has 0 atom stereocenters. The molecule has 0 amide bonds. The van der Waals surface area contributed by atoms with E-state index >= 15 is 0 Å². The average Bonchev–Trinajstić information content (AvgIpc) is 2.10. The van der Waals surface area contributed by atoms with Crippen LogP contribution < -0.4 is 4.74 Å². The van der Waals surface area contributed by atoms with Crippen molar-refractivity contribution in [3.8, 4) is 5.75 Å². The quantitative estimate of drug-likeness (QED) is 0.843. The minimum absolute atomic E-state index is 0.0200. The van der Waals surface area contributed by atoms with E-state index in [0.717, 1.165) is 0 Å². The normalized spacial score (nSPS) is 10.1. The van der Waals surface area contributed by atoms with Crippen molar-refractivity contribution in [3.63, 3.8) is 0 Å². The van der Waals surface area contributed by atoms with Crippen molar-refractivity contribution in [2.24, 2.45) is 0 Å². The summed E-state index contributed by atoms with van der Waals surface area (Å²) in [6.45, 7) is 3.79. The lowest BCUT2D eigenvalue weighted by Crippen LogP contribution is -2.03. The largest absolute Gasteiger partial charge is 0.492 e. The Balaban J connectivity index is 3.13. The Kier molecular flexibility index (Phi) is 4.27. The molecule has 1 aromatic carbocycles. The Labute approximate surface area is 96.6 Å². The molecule has 0 N–H and O–H groups in total. The highest BCUT2D eigenvalue weighted by Gasteiger charge is 2.12. The summed E-state index contributed by atoms with van der Waals surface area (Å²) in [6.07, 6.45) is 0.186. The van der Waals surface area contributed by atoms with Gasteiger partial charge in [0.25, 0.3) is 0 Å². The van der Waals surface area contributed by atoms with Gasteiger partial charge < -0.3 is 4.74 Å². The van der Waals surface area contributed by atoms with E-state index in [4.69, 9.17) is 4.74 Å². The van der Waals surface area contributed by atoms with Crippen molar-refractivity contribution in [1.29, 1.82) is 0 Å². The molecule has 15 heavy (non-hydrogen) atoms. The van der Waals surface area contributed by atoms with Crippen molar-refractivity contribution in [3.05, 3.63) is 28.0 Å². The highest BCUT2D eigenvalue weighted by molar-refractivity contribution is 9.10. The molecule has 0 fully saturated rings. The molecule has 0 saturated carbocycles. The van der Waals surface area contributed by atoms with E-state index in [1.807, 2.05) is 6.92 Å². The summed E-state index contributed by atoms with van der Waals surface area (Å²) in [6, 6.07) is 2.66. The van der Waals surface area contributed by atoms with Gasteiger partial charge in [0.05, 0.1) is 11.1 Å². The van der Waals surface area contributed by atoms with E-state index in [1.54, 1.807) is 0 Å². The first-order chi connectivity index (χ1) is 7.04. The standard InChI is InChI=1S/C11H12BrFO2/c1-3-15-11-8(4-7(2)14)5-9(13)6-10(11)12/h5-6H,3-4H2,1-2H3. The van der Waals surface area contributed by atoms with Gasteiger partial charge in [-0.15, -0.1) is 0 Å². The van der Waals surface area contributed by atoms with E-state index in [-0.39, 0.29) is 18.0 Å². The van der Waals surface area contributed by atoms with Gasteiger partial charge in [0, 0.05) is 12.0 Å². The van der Waals surface area contributed by atoms with Gasteiger partial charge in [-0.25, -0.2) is 4.39 Å². The van der Waals surface area contributed by atoms with Gasteiger partial charge in [0.2, 0.25) is 0 Å². The van der Waals surface area contributed by atoms with E-state index in [9.17, 15) is 9.18 Å². The van der Waals surface area contributed by atoms with Crippen LogP contribution in [0.15, 0.2) is 16.6 Å². The Hall–Kier alpha value is -0.900. The second-order valence-electron chi connectivity index (χ2n) is 3.19. The number of hydrogen-bond donors (Lipinski definition) is 0. The second-order valence-corrected chi connectivity index (χ2v) is 4.04. The fraction of sp³-hybridized carbons (Fsp3) is 0.364. The van der Waals surface area contributed by atoms with Crippen LogP contribution in [0, 0.1) is 5.82 Å². The summed E-state index contributed by atoms with van der Waals surface area (Å²) in [5, 5.41) is 0. The zero-order chi connectivity index (χ0) is 11.4. The van der Waals surface area contributed by atoms with Crippen LogP contribution in [0.5, 0.6) is 5.75 Å². The van der Waals surface area contributed by atoms with Gasteiger partial charge in [-0.2, -0.15) is 0 Å². The van der Waals surface area contributed by atoms with E-state index < -0.39 is 0 Å². The predicted molar refractivity (Wildman–Crippen MR) is 59.7 cm³/mol. The van der Waals surface area contributed by atoms with Crippen LogP contribution in [-0.2, 0) is 11.2 Å². The minimum atomic E-state index is -0.374. The van der Waals surface area contributed by atoms with Crippen LogP contribution in [-0.4, -0.2) is 12.4 Å². The maximum atomic E-state index is 13.1. The van der Waals surface area contributed by atoms with Gasteiger partial charge >= 0.3 is 0 Å².